The lowest BCUT2D eigenvalue weighted by Crippen LogP contribution is -2.39. The zero-order valence-electron chi connectivity index (χ0n) is 17.2. The van der Waals surface area contributed by atoms with E-state index in [1.165, 1.54) is 0 Å². The fourth-order valence-electron chi connectivity index (χ4n) is 4.39. The van der Waals surface area contributed by atoms with Crippen molar-refractivity contribution < 1.29 is 4.79 Å². The van der Waals surface area contributed by atoms with E-state index in [0.29, 0.717) is 11.8 Å². The van der Waals surface area contributed by atoms with Crippen LogP contribution in [0.1, 0.15) is 67.2 Å². The van der Waals surface area contributed by atoms with Crippen molar-refractivity contribution in [3.8, 4) is 0 Å². The van der Waals surface area contributed by atoms with Crippen LogP contribution < -0.4 is 5.32 Å². The molecule has 2 aromatic rings. The van der Waals surface area contributed by atoms with Crippen LogP contribution in [-0.4, -0.2) is 55.0 Å². The minimum atomic E-state index is 0.123. The molecule has 0 aliphatic carbocycles. The number of hydrogen-bond acceptors (Lipinski definition) is 5. The van der Waals surface area contributed by atoms with Gasteiger partial charge in [0.2, 0.25) is 0 Å². The second-order valence-corrected chi connectivity index (χ2v) is 8.30. The number of nitrogens with one attached hydrogen (secondary N) is 1. The molecule has 8 heteroatoms. The lowest BCUT2D eigenvalue weighted by molar-refractivity contribution is 0.0708. The summed E-state index contributed by atoms with van der Waals surface area (Å²) in [5, 5.41) is 16.6. The van der Waals surface area contributed by atoms with Crippen molar-refractivity contribution in [1.29, 1.82) is 0 Å². The molecule has 4 rings (SSSR count). The molecule has 2 aliphatic heterocycles. The monoisotopic (exact) mass is 385 g/mol. The Morgan fingerprint density at radius 3 is 2.75 bits per heavy atom. The second kappa shape index (κ2) is 8.03. The van der Waals surface area contributed by atoms with Crippen molar-refractivity contribution >= 4 is 5.91 Å². The molecule has 1 fully saturated rings. The molecule has 0 unspecified atom stereocenters. The van der Waals surface area contributed by atoms with Gasteiger partial charge in [0.25, 0.3) is 5.91 Å². The van der Waals surface area contributed by atoms with Crippen LogP contribution in [0.2, 0.25) is 0 Å². The predicted molar refractivity (Wildman–Crippen MR) is 106 cm³/mol. The Morgan fingerprint density at radius 1 is 1.25 bits per heavy atom. The standard InChI is InChI=1S/C20H31N7O/c1-4-17-16(11-22-27(17)13-14(2)3)20(28)25-8-5-15(6-9-25)19-24-23-18-12-21-7-10-26(18)19/h11,14-15,21H,4-10,12-13H2,1-3H3. The van der Waals surface area contributed by atoms with Crippen molar-refractivity contribution in [3.05, 3.63) is 29.1 Å². The van der Waals surface area contributed by atoms with E-state index in [1.54, 1.807) is 6.20 Å². The van der Waals surface area contributed by atoms with Crippen molar-refractivity contribution in [3.63, 3.8) is 0 Å². The molecule has 0 radical (unpaired) electrons. The van der Waals surface area contributed by atoms with Gasteiger partial charge in [-0.2, -0.15) is 5.10 Å². The fourth-order valence-corrected chi connectivity index (χ4v) is 4.39. The topological polar surface area (TPSA) is 80.9 Å². The highest BCUT2D eigenvalue weighted by atomic mass is 16.2. The molecular formula is C20H31N7O. The van der Waals surface area contributed by atoms with Gasteiger partial charge in [-0.05, 0) is 25.2 Å². The number of amides is 1. The highest BCUT2D eigenvalue weighted by Crippen LogP contribution is 2.29. The molecule has 0 aromatic carbocycles. The summed E-state index contributed by atoms with van der Waals surface area (Å²) in [6.45, 7) is 11.5. The van der Waals surface area contributed by atoms with Crippen LogP contribution in [0.3, 0.4) is 0 Å². The summed E-state index contributed by atoms with van der Waals surface area (Å²) in [7, 11) is 0. The Balaban J connectivity index is 1.43. The van der Waals surface area contributed by atoms with E-state index in [0.717, 1.165) is 81.4 Å². The third kappa shape index (κ3) is 3.57. The molecule has 1 amide bonds. The normalized spacial score (nSPS) is 17.9. The first kappa shape index (κ1) is 19.1. The number of rotatable bonds is 5. The first-order valence-electron chi connectivity index (χ1n) is 10.5. The molecule has 0 saturated carbocycles. The Labute approximate surface area is 166 Å². The Morgan fingerprint density at radius 2 is 2.04 bits per heavy atom. The van der Waals surface area contributed by atoms with E-state index < -0.39 is 0 Å². The highest BCUT2D eigenvalue weighted by molar-refractivity contribution is 5.95. The molecule has 0 bridgehead atoms. The van der Waals surface area contributed by atoms with Gasteiger partial charge < -0.3 is 14.8 Å². The van der Waals surface area contributed by atoms with Gasteiger partial charge in [-0.1, -0.05) is 20.8 Å². The van der Waals surface area contributed by atoms with E-state index in [1.807, 2.05) is 9.58 Å². The smallest absolute Gasteiger partial charge is 0.257 e. The Bertz CT molecular complexity index is 830. The minimum absolute atomic E-state index is 0.123. The number of carbonyl (C=O) groups is 1. The Hall–Kier alpha value is -2.22. The quantitative estimate of drug-likeness (QED) is 0.849. The van der Waals surface area contributed by atoms with E-state index in [-0.39, 0.29) is 5.91 Å². The van der Waals surface area contributed by atoms with E-state index in [2.05, 4.69) is 46.0 Å². The van der Waals surface area contributed by atoms with Gasteiger partial charge in [0, 0.05) is 38.6 Å². The SMILES string of the molecule is CCc1c(C(=O)N2CCC(c3nnc4n3CCNC4)CC2)cnn1CC(C)C. The van der Waals surface area contributed by atoms with Crippen LogP contribution in [0, 0.1) is 5.92 Å². The third-order valence-electron chi connectivity index (χ3n) is 5.85. The van der Waals surface area contributed by atoms with E-state index in [4.69, 9.17) is 0 Å². The maximum atomic E-state index is 13.1. The second-order valence-electron chi connectivity index (χ2n) is 8.30. The van der Waals surface area contributed by atoms with E-state index >= 15 is 0 Å². The van der Waals surface area contributed by atoms with Crippen molar-refractivity contribution in [2.45, 2.75) is 65.6 Å². The lowest BCUT2D eigenvalue weighted by Gasteiger charge is -2.32. The van der Waals surface area contributed by atoms with Crippen LogP contribution in [0.4, 0.5) is 0 Å². The zero-order valence-corrected chi connectivity index (χ0v) is 17.2. The van der Waals surface area contributed by atoms with Crippen LogP contribution in [0.15, 0.2) is 6.20 Å². The van der Waals surface area contributed by atoms with Gasteiger partial charge in [0.05, 0.1) is 24.0 Å². The Kier molecular flexibility index (Phi) is 5.48. The van der Waals surface area contributed by atoms with Gasteiger partial charge in [-0.3, -0.25) is 9.48 Å². The summed E-state index contributed by atoms with van der Waals surface area (Å²) < 4.78 is 4.27. The number of hydrogen-bond donors (Lipinski definition) is 1. The summed E-state index contributed by atoms with van der Waals surface area (Å²) in [6, 6.07) is 0. The first-order valence-corrected chi connectivity index (χ1v) is 10.5. The summed E-state index contributed by atoms with van der Waals surface area (Å²) in [6.07, 6.45) is 4.47. The molecule has 0 spiro atoms. The maximum Gasteiger partial charge on any atom is 0.257 e. The molecule has 1 N–H and O–H groups in total. The summed E-state index contributed by atoms with van der Waals surface area (Å²) in [5.41, 5.74) is 1.83. The molecule has 0 atom stereocenters. The average molecular weight is 386 g/mol. The lowest BCUT2D eigenvalue weighted by atomic mass is 9.95. The molecule has 8 nitrogen and oxygen atoms in total. The van der Waals surface area contributed by atoms with Crippen molar-refractivity contribution in [2.24, 2.45) is 5.92 Å². The van der Waals surface area contributed by atoms with Crippen LogP contribution >= 0.6 is 0 Å². The molecule has 28 heavy (non-hydrogen) atoms. The maximum absolute atomic E-state index is 13.1. The summed E-state index contributed by atoms with van der Waals surface area (Å²) in [4.78, 5) is 15.1. The first-order chi connectivity index (χ1) is 13.6. The average Bonchev–Trinajstić information content (AvgIpc) is 3.31. The van der Waals surface area contributed by atoms with Gasteiger partial charge in [-0.25, -0.2) is 0 Å². The van der Waals surface area contributed by atoms with Gasteiger partial charge in [0.1, 0.15) is 11.6 Å². The summed E-state index contributed by atoms with van der Waals surface area (Å²) in [5.74, 6) is 3.15. The van der Waals surface area contributed by atoms with Gasteiger partial charge in [-0.15, -0.1) is 10.2 Å². The number of nitrogens with zero attached hydrogens (tertiary/aromatic N) is 6. The number of fused-ring (bicyclic) bond motifs is 1. The molecule has 152 valence electrons. The third-order valence-corrected chi connectivity index (χ3v) is 5.85. The van der Waals surface area contributed by atoms with Crippen LogP contribution in [0.5, 0.6) is 0 Å². The van der Waals surface area contributed by atoms with Crippen LogP contribution in [-0.2, 0) is 26.1 Å². The fraction of sp³-hybridized carbons (Fsp3) is 0.700. The van der Waals surface area contributed by atoms with E-state index in [9.17, 15) is 4.79 Å². The molecule has 4 heterocycles. The molecule has 2 aromatic heterocycles. The molecule has 2 aliphatic rings. The summed E-state index contributed by atoms with van der Waals surface area (Å²) >= 11 is 0. The number of likely N-dealkylation sites (tertiary alicyclic amines) is 1. The van der Waals surface area contributed by atoms with Crippen LogP contribution in [0.25, 0.3) is 0 Å². The number of piperidine rings is 1. The largest absolute Gasteiger partial charge is 0.338 e. The highest BCUT2D eigenvalue weighted by Gasteiger charge is 2.30. The minimum Gasteiger partial charge on any atom is -0.338 e. The predicted octanol–water partition coefficient (Wildman–Crippen LogP) is 1.82. The number of aromatic nitrogens is 5. The van der Waals surface area contributed by atoms with Crippen molar-refractivity contribution in [2.75, 3.05) is 19.6 Å². The zero-order chi connectivity index (χ0) is 19.7. The van der Waals surface area contributed by atoms with Gasteiger partial charge in [0.15, 0.2) is 0 Å². The van der Waals surface area contributed by atoms with Gasteiger partial charge >= 0.3 is 0 Å². The number of carbonyl (C=O) groups excluding carboxylic acids is 1. The molecular weight excluding hydrogens is 354 g/mol. The van der Waals surface area contributed by atoms with Crippen molar-refractivity contribution in [1.82, 2.24) is 34.8 Å². The molecule has 1 saturated heterocycles.